The van der Waals surface area contributed by atoms with Crippen molar-refractivity contribution in [1.29, 1.82) is 5.26 Å². The van der Waals surface area contributed by atoms with Gasteiger partial charge in [0.05, 0.1) is 25.7 Å². The van der Waals surface area contributed by atoms with E-state index in [2.05, 4.69) is 48.3 Å². The molecule has 1 aliphatic heterocycles. The number of hydrogen-bond acceptors (Lipinski definition) is 8. The zero-order valence-electron chi connectivity index (χ0n) is 23.0. The maximum absolute atomic E-state index is 12.7. The van der Waals surface area contributed by atoms with Crippen LogP contribution in [0.15, 0.2) is 21.9 Å². The number of nitrogens with zero attached hydrogens (tertiary/aromatic N) is 4. The summed E-state index contributed by atoms with van der Waals surface area (Å²) in [7, 11) is -1.50. The number of H-pyrrole nitrogens is 1. The average molecular weight is 525 g/mol. The van der Waals surface area contributed by atoms with Crippen molar-refractivity contribution in [3.8, 4) is 6.07 Å². The van der Waals surface area contributed by atoms with E-state index in [4.69, 9.17) is 20.4 Å². The molecule has 0 bridgehead atoms. The van der Waals surface area contributed by atoms with Crippen LogP contribution < -0.4 is 11.2 Å². The van der Waals surface area contributed by atoms with Crippen molar-refractivity contribution in [2.45, 2.75) is 103 Å². The number of morpholine rings is 1. The minimum absolute atomic E-state index is 0.0600. The number of aromatic amines is 1. The van der Waals surface area contributed by atoms with Crippen molar-refractivity contribution in [2.24, 2.45) is 0 Å². The topological polar surface area (TPSA) is 113 Å². The van der Waals surface area contributed by atoms with Gasteiger partial charge in [-0.15, -0.1) is 0 Å². The normalized spacial score (nSPS) is 25.3. The molecule has 1 saturated carbocycles. The van der Waals surface area contributed by atoms with E-state index in [1.54, 1.807) is 0 Å². The van der Waals surface area contributed by atoms with Gasteiger partial charge < -0.3 is 13.8 Å². The number of rotatable bonds is 11. The van der Waals surface area contributed by atoms with Crippen LogP contribution in [0.2, 0.25) is 0 Å². The Balaban J connectivity index is 1.88. The molecule has 1 N–H and O–H groups in total. The zero-order valence-corrected chi connectivity index (χ0v) is 22.9. The van der Waals surface area contributed by atoms with Crippen LogP contribution in [0.1, 0.15) is 80.7 Å². The molecule has 36 heavy (non-hydrogen) atoms. The Kier molecular flexibility index (Phi) is 10.1. The lowest BCUT2D eigenvalue weighted by Gasteiger charge is -2.48. The summed E-state index contributed by atoms with van der Waals surface area (Å²) in [5.41, 5.74) is -1.98. The summed E-state index contributed by atoms with van der Waals surface area (Å²) in [5.74, 6) is 0. The van der Waals surface area contributed by atoms with Gasteiger partial charge in [0.1, 0.15) is 5.60 Å². The molecule has 0 aromatic carbocycles. The van der Waals surface area contributed by atoms with Crippen LogP contribution in [0.25, 0.3) is 0 Å². The number of nitrogens with one attached hydrogen (secondary N) is 1. The van der Waals surface area contributed by atoms with Crippen molar-refractivity contribution in [3.05, 3.63) is 33.1 Å². The Morgan fingerprint density at radius 3 is 2.61 bits per heavy atom. The van der Waals surface area contributed by atoms with E-state index in [1.807, 2.05) is 0 Å². The van der Waals surface area contributed by atoms with Gasteiger partial charge in [-0.1, -0.05) is 19.3 Å². The lowest BCUT2D eigenvalue weighted by Crippen LogP contribution is -2.58. The fourth-order valence-electron chi connectivity index (χ4n) is 5.09. The largest absolute Gasteiger partial charge is 0.347 e. The first kappa shape index (κ1) is 27.4. The fourth-order valence-corrected chi connectivity index (χ4v) is 6.78. The molecule has 1 saturated heterocycles. The minimum atomic E-state index is -1.50. The summed E-state index contributed by atoms with van der Waals surface area (Å²) in [6.45, 7) is 9.63. The van der Waals surface area contributed by atoms with Crippen LogP contribution >= 0.6 is 8.53 Å². The highest BCUT2D eigenvalue weighted by Crippen LogP contribution is 2.47. The van der Waals surface area contributed by atoms with Crippen molar-refractivity contribution in [1.82, 2.24) is 19.1 Å². The van der Waals surface area contributed by atoms with E-state index in [9.17, 15) is 9.59 Å². The minimum Gasteiger partial charge on any atom is -0.347 e. The molecule has 3 rings (SSSR count). The molecule has 10 nitrogen and oxygen atoms in total. The van der Waals surface area contributed by atoms with E-state index in [0.29, 0.717) is 19.1 Å². The van der Waals surface area contributed by atoms with E-state index < -0.39 is 31.6 Å². The number of hydrogen-bond donors (Lipinski definition) is 1. The van der Waals surface area contributed by atoms with Crippen LogP contribution in [-0.4, -0.2) is 69.2 Å². The molecule has 1 aromatic heterocycles. The number of nitriles is 1. The molecule has 1 aromatic rings. The molecule has 2 heterocycles. The van der Waals surface area contributed by atoms with Gasteiger partial charge in [-0.05, 0) is 47.4 Å². The third kappa shape index (κ3) is 7.70. The smallest absolute Gasteiger partial charge is 0.330 e. The third-order valence-electron chi connectivity index (χ3n) is 6.62. The molecule has 2 fully saturated rings. The SMILES string of the molecule is [2H]C[C@@]1(COP(OCCC#N)N(C(C)C)C(C)C)CN(C2CCCCC2)C[C@H](n2ccc(=O)[nH]c2=O)O1. The monoisotopic (exact) mass is 524 g/mol. The van der Waals surface area contributed by atoms with Gasteiger partial charge >= 0.3 is 5.69 Å². The van der Waals surface area contributed by atoms with Gasteiger partial charge in [-0.3, -0.25) is 19.2 Å². The summed E-state index contributed by atoms with van der Waals surface area (Å²) in [6, 6.07) is 4.08. The molecule has 3 atom stereocenters. The molecular weight excluding hydrogens is 481 g/mol. The maximum Gasteiger partial charge on any atom is 0.330 e. The molecule has 1 unspecified atom stereocenters. The second-order valence-electron chi connectivity index (χ2n) is 10.3. The first-order valence-electron chi connectivity index (χ1n) is 13.6. The zero-order chi connectivity index (χ0) is 27.0. The molecule has 1 aliphatic carbocycles. The predicted molar refractivity (Wildman–Crippen MR) is 139 cm³/mol. The Hall–Kier alpha value is -1.60. The summed E-state index contributed by atoms with van der Waals surface area (Å²) in [6.07, 6.45) is 6.74. The van der Waals surface area contributed by atoms with Gasteiger partial charge in [0, 0.05) is 44.8 Å². The quantitative estimate of drug-likeness (QED) is 0.344. The van der Waals surface area contributed by atoms with Crippen molar-refractivity contribution in [3.63, 3.8) is 0 Å². The molecule has 202 valence electrons. The maximum atomic E-state index is 12.7. The van der Waals surface area contributed by atoms with Crippen molar-refractivity contribution in [2.75, 3.05) is 26.3 Å². The lowest BCUT2D eigenvalue weighted by molar-refractivity contribution is -0.197. The van der Waals surface area contributed by atoms with Gasteiger partial charge in [-0.2, -0.15) is 5.26 Å². The van der Waals surface area contributed by atoms with E-state index in [-0.39, 0.29) is 38.6 Å². The first-order valence-corrected chi connectivity index (χ1v) is 14.1. The van der Waals surface area contributed by atoms with Crippen molar-refractivity contribution >= 4 is 8.53 Å². The van der Waals surface area contributed by atoms with Crippen LogP contribution in [0.4, 0.5) is 0 Å². The lowest BCUT2D eigenvalue weighted by atomic mass is 9.92. The summed E-state index contributed by atoms with van der Waals surface area (Å²) < 4.78 is 31.0. The Morgan fingerprint density at radius 1 is 1.28 bits per heavy atom. The van der Waals surface area contributed by atoms with Gasteiger partial charge in [0.25, 0.3) is 14.1 Å². The van der Waals surface area contributed by atoms with Crippen LogP contribution in [0.5, 0.6) is 0 Å². The van der Waals surface area contributed by atoms with E-state index >= 15 is 0 Å². The number of ether oxygens (including phenoxy) is 1. The molecule has 0 radical (unpaired) electrons. The Labute approximate surface area is 216 Å². The summed E-state index contributed by atoms with van der Waals surface area (Å²) in [5, 5.41) is 9.00. The van der Waals surface area contributed by atoms with Crippen LogP contribution in [-0.2, 0) is 13.8 Å². The van der Waals surface area contributed by atoms with Crippen molar-refractivity contribution < 1.29 is 15.2 Å². The summed E-state index contributed by atoms with van der Waals surface area (Å²) >= 11 is 0. The molecule has 0 spiro atoms. The standard InChI is InChI=1S/C25H42N5O5P/c1-19(2)30(20(3)4)36(33-15-9-13-26)34-18-25(5)17-28(21-10-7-6-8-11-21)16-23(35-25)29-14-12-22(31)27-24(29)32/h12,14,19-21,23H,6-11,15-18H2,1-5H3,(H,27,31,32)/t23-,25+,36?/m1/s1/i5D. The van der Waals surface area contributed by atoms with E-state index in [0.717, 1.165) is 25.7 Å². The number of aromatic nitrogens is 2. The second kappa shape index (κ2) is 13.3. The second-order valence-corrected chi connectivity index (χ2v) is 11.8. The predicted octanol–water partition coefficient (Wildman–Crippen LogP) is 3.75. The van der Waals surface area contributed by atoms with E-state index in [1.165, 1.54) is 23.3 Å². The van der Waals surface area contributed by atoms with Crippen LogP contribution in [0.3, 0.4) is 0 Å². The van der Waals surface area contributed by atoms with Gasteiger partial charge in [0.15, 0.2) is 6.23 Å². The highest BCUT2D eigenvalue weighted by atomic mass is 31.2. The Morgan fingerprint density at radius 2 is 2.00 bits per heavy atom. The Bertz CT molecular complexity index is 1000. The van der Waals surface area contributed by atoms with Gasteiger partial charge in [0.2, 0.25) is 0 Å². The fraction of sp³-hybridized carbons (Fsp3) is 0.800. The molecule has 0 amide bonds. The van der Waals surface area contributed by atoms with Gasteiger partial charge in [-0.25, -0.2) is 9.46 Å². The molecular formula is C25H42N5O5P. The average Bonchev–Trinajstić information content (AvgIpc) is 2.87. The highest BCUT2D eigenvalue weighted by Gasteiger charge is 2.42. The van der Waals surface area contributed by atoms with Crippen LogP contribution in [0, 0.1) is 11.3 Å². The highest BCUT2D eigenvalue weighted by molar-refractivity contribution is 7.44. The molecule has 11 heteroatoms. The molecule has 2 aliphatic rings. The third-order valence-corrected chi connectivity index (χ3v) is 8.68. The summed E-state index contributed by atoms with van der Waals surface area (Å²) in [4.78, 5) is 29.0. The first-order chi connectivity index (χ1) is 17.7.